The Morgan fingerprint density at radius 3 is 2.88 bits per heavy atom. The van der Waals surface area contributed by atoms with E-state index in [1.54, 1.807) is 12.4 Å². The predicted octanol–water partition coefficient (Wildman–Crippen LogP) is 2.35. The molecule has 2 heterocycles. The summed E-state index contributed by atoms with van der Waals surface area (Å²) in [5.41, 5.74) is 6.87. The molecule has 0 saturated carbocycles. The van der Waals surface area contributed by atoms with E-state index in [0.717, 1.165) is 11.4 Å². The maximum Gasteiger partial charge on any atom is 0.197 e. The van der Waals surface area contributed by atoms with Gasteiger partial charge in [0.2, 0.25) is 0 Å². The van der Waals surface area contributed by atoms with Crippen molar-refractivity contribution in [3.8, 4) is 0 Å². The molecule has 2 N–H and O–H groups in total. The summed E-state index contributed by atoms with van der Waals surface area (Å²) >= 11 is 5.89. The number of nitrogens with two attached hydrogens (primary N) is 1. The van der Waals surface area contributed by atoms with Crippen molar-refractivity contribution in [3.05, 3.63) is 35.3 Å². The van der Waals surface area contributed by atoms with Crippen LogP contribution in [-0.2, 0) is 6.42 Å². The summed E-state index contributed by atoms with van der Waals surface area (Å²) in [6.45, 7) is 4.10. The van der Waals surface area contributed by atoms with Crippen molar-refractivity contribution >= 4 is 11.6 Å². The second kappa shape index (κ2) is 4.89. The number of rotatable bonds is 4. The van der Waals surface area contributed by atoms with Crippen molar-refractivity contribution in [3.63, 3.8) is 0 Å². The van der Waals surface area contributed by atoms with Crippen LogP contribution in [0.15, 0.2) is 23.1 Å². The van der Waals surface area contributed by atoms with Crippen LogP contribution in [0.1, 0.15) is 37.3 Å². The fraction of sp³-hybridized carbons (Fsp3) is 0.455. The third kappa shape index (κ3) is 2.50. The van der Waals surface area contributed by atoms with Crippen LogP contribution >= 0.6 is 11.6 Å². The fourth-order valence-corrected chi connectivity index (χ4v) is 1.98. The van der Waals surface area contributed by atoms with E-state index < -0.39 is 0 Å². The molecule has 5 nitrogen and oxygen atoms in total. The van der Waals surface area contributed by atoms with Crippen molar-refractivity contribution in [1.82, 2.24) is 14.8 Å². The zero-order chi connectivity index (χ0) is 12.4. The molecule has 17 heavy (non-hydrogen) atoms. The van der Waals surface area contributed by atoms with E-state index in [4.69, 9.17) is 21.8 Å². The summed E-state index contributed by atoms with van der Waals surface area (Å²) in [5.74, 6) is 0.852. The maximum absolute atomic E-state index is 6.07. The minimum absolute atomic E-state index is 0.233. The number of nitrogens with zero attached hydrogens (tertiary/aromatic N) is 3. The second-order valence-electron chi connectivity index (χ2n) is 4.17. The Balaban J connectivity index is 2.16. The lowest BCUT2D eigenvalue weighted by atomic mass is 10.1. The van der Waals surface area contributed by atoms with Gasteiger partial charge in [-0.3, -0.25) is 0 Å². The van der Waals surface area contributed by atoms with Gasteiger partial charge in [-0.1, -0.05) is 0 Å². The smallest absolute Gasteiger partial charge is 0.197 e. The van der Waals surface area contributed by atoms with Gasteiger partial charge in [-0.15, -0.1) is 0 Å². The van der Waals surface area contributed by atoms with Crippen LogP contribution in [-0.4, -0.2) is 14.8 Å². The Morgan fingerprint density at radius 2 is 2.29 bits per heavy atom. The Bertz CT molecular complexity index is 491. The Labute approximate surface area is 105 Å². The Kier molecular flexibility index (Phi) is 3.49. The third-order valence-corrected chi connectivity index (χ3v) is 2.89. The minimum atomic E-state index is -0.233. The van der Waals surface area contributed by atoms with Gasteiger partial charge < -0.3 is 10.2 Å². The van der Waals surface area contributed by atoms with Gasteiger partial charge in [-0.25, -0.2) is 9.67 Å². The molecular formula is C11H15ClN4O. The zero-order valence-electron chi connectivity index (χ0n) is 9.80. The molecular weight excluding hydrogens is 240 g/mol. The molecule has 6 heteroatoms. The molecule has 0 aliphatic rings. The van der Waals surface area contributed by atoms with E-state index in [0.29, 0.717) is 11.6 Å². The molecule has 0 aromatic carbocycles. The van der Waals surface area contributed by atoms with Gasteiger partial charge in [0.05, 0.1) is 6.26 Å². The first-order chi connectivity index (χ1) is 8.09. The zero-order valence-corrected chi connectivity index (χ0v) is 10.6. The van der Waals surface area contributed by atoms with Crippen LogP contribution in [0.2, 0.25) is 5.22 Å². The van der Waals surface area contributed by atoms with E-state index in [1.807, 2.05) is 4.68 Å². The highest BCUT2D eigenvalue weighted by Gasteiger charge is 2.17. The predicted molar refractivity (Wildman–Crippen MR) is 64.8 cm³/mol. The van der Waals surface area contributed by atoms with Crippen molar-refractivity contribution in [2.24, 2.45) is 5.73 Å². The van der Waals surface area contributed by atoms with Crippen molar-refractivity contribution < 1.29 is 4.42 Å². The molecule has 1 unspecified atom stereocenters. The van der Waals surface area contributed by atoms with Gasteiger partial charge in [-0.2, -0.15) is 5.10 Å². The largest absolute Gasteiger partial charge is 0.453 e. The van der Waals surface area contributed by atoms with Gasteiger partial charge >= 0.3 is 0 Å². The summed E-state index contributed by atoms with van der Waals surface area (Å²) in [5, 5.41) is 4.51. The SMILES string of the molecule is CC(C)n1ncnc1CC(N)c1ccoc1Cl. The second-order valence-corrected chi connectivity index (χ2v) is 4.52. The molecule has 2 aromatic rings. The topological polar surface area (TPSA) is 69.9 Å². The summed E-state index contributed by atoms with van der Waals surface area (Å²) < 4.78 is 6.88. The maximum atomic E-state index is 6.07. The summed E-state index contributed by atoms with van der Waals surface area (Å²) in [6.07, 6.45) is 3.65. The van der Waals surface area contributed by atoms with Crippen LogP contribution in [0.5, 0.6) is 0 Å². The number of aromatic nitrogens is 3. The van der Waals surface area contributed by atoms with Gasteiger partial charge in [-0.05, 0) is 31.5 Å². The molecule has 0 fully saturated rings. The van der Waals surface area contributed by atoms with E-state index in [9.17, 15) is 0 Å². The standard InChI is InChI=1S/C11H15ClN4O/c1-7(2)16-10(14-6-15-16)5-9(13)8-3-4-17-11(8)12/h3-4,6-7,9H,5,13H2,1-2H3. The number of halogens is 1. The molecule has 2 rings (SSSR count). The molecule has 0 saturated heterocycles. The van der Waals surface area contributed by atoms with Gasteiger partial charge in [0.25, 0.3) is 0 Å². The summed E-state index contributed by atoms with van der Waals surface area (Å²) in [6, 6.07) is 1.81. The molecule has 0 radical (unpaired) electrons. The van der Waals surface area contributed by atoms with Crippen LogP contribution in [0, 0.1) is 0 Å². The quantitative estimate of drug-likeness (QED) is 0.909. The monoisotopic (exact) mass is 254 g/mol. The third-order valence-electron chi connectivity index (χ3n) is 2.58. The van der Waals surface area contributed by atoms with E-state index in [2.05, 4.69) is 23.9 Å². The number of furan rings is 1. The lowest BCUT2D eigenvalue weighted by Gasteiger charge is -2.13. The molecule has 2 aromatic heterocycles. The molecule has 0 spiro atoms. The summed E-state index contributed by atoms with van der Waals surface area (Å²) in [7, 11) is 0. The number of hydrogen-bond acceptors (Lipinski definition) is 4. The Hall–Kier alpha value is -1.33. The number of hydrogen-bond donors (Lipinski definition) is 1. The highest BCUT2D eigenvalue weighted by atomic mass is 35.5. The van der Waals surface area contributed by atoms with Crippen LogP contribution in [0.3, 0.4) is 0 Å². The molecule has 92 valence electrons. The lowest BCUT2D eigenvalue weighted by molar-refractivity contribution is 0.491. The van der Waals surface area contributed by atoms with Crippen LogP contribution < -0.4 is 5.73 Å². The minimum Gasteiger partial charge on any atom is -0.453 e. The van der Waals surface area contributed by atoms with Crippen molar-refractivity contribution in [2.75, 3.05) is 0 Å². The van der Waals surface area contributed by atoms with E-state index in [1.165, 1.54) is 6.26 Å². The first-order valence-electron chi connectivity index (χ1n) is 5.46. The van der Waals surface area contributed by atoms with E-state index in [-0.39, 0.29) is 12.1 Å². The molecule has 0 bridgehead atoms. The first kappa shape index (κ1) is 12.1. The normalized spacial score (nSPS) is 13.2. The van der Waals surface area contributed by atoms with Crippen molar-refractivity contribution in [1.29, 1.82) is 0 Å². The molecule has 0 aliphatic heterocycles. The first-order valence-corrected chi connectivity index (χ1v) is 5.84. The molecule has 1 atom stereocenters. The van der Waals surface area contributed by atoms with Crippen LogP contribution in [0.4, 0.5) is 0 Å². The van der Waals surface area contributed by atoms with Gasteiger partial charge in [0, 0.05) is 24.1 Å². The highest BCUT2D eigenvalue weighted by molar-refractivity contribution is 6.29. The van der Waals surface area contributed by atoms with E-state index >= 15 is 0 Å². The fourth-order valence-electron chi connectivity index (χ4n) is 1.73. The summed E-state index contributed by atoms with van der Waals surface area (Å²) in [4.78, 5) is 4.22. The Morgan fingerprint density at radius 1 is 1.53 bits per heavy atom. The van der Waals surface area contributed by atoms with Gasteiger partial charge in [0.15, 0.2) is 5.22 Å². The molecule has 0 amide bonds. The lowest BCUT2D eigenvalue weighted by Crippen LogP contribution is -2.17. The van der Waals surface area contributed by atoms with Gasteiger partial charge in [0.1, 0.15) is 12.2 Å². The average Bonchev–Trinajstić information content (AvgIpc) is 2.86. The molecule has 0 aliphatic carbocycles. The van der Waals surface area contributed by atoms with Crippen LogP contribution in [0.25, 0.3) is 0 Å². The highest BCUT2D eigenvalue weighted by Crippen LogP contribution is 2.24. The van der Waals surface area contributed by atoms with Crippen molar-refractivity contribution in [2.45, 2.75) is 32.4 Å². The average molecular weight is 255 g/mol.